The van der Waals surface area contributed by atoms with E-state index in [0.29, 0.717) is 15.6 Å². The second-order valence-corrected chi connectivity index (χ2v) is 5.80. The van der Waals surface area contributed by atoms with Gasteiger partial charge in [0.05, 0.1) is 16.3 Å². The summed E-state index contributed by atoms with van der Waals surface area (Å²) in [5.41, 5.74) is 9.61. The Balaban J connectivity index is 2.19. The minimum Gasteiger partial charge on any atom is -0.389 e. The third-order valence-electron chi connectivity index (χ3n) is 3.31. The van der Waals surface area contributed by atoms with Crippen molar-refractivity contribution in [3.8, 4) is 0 Å². The molecule has 2 aromatic carbocycles. The van der Waals surface area contributed by atoms with Crippen molar-refractivity contribution >= 4 is 40.2 Å². The minimum absolute atomic E-state index is 0.294. The summed E-state index contributed by atoms with van der Waals surface area (Å²) in [5.74, 6) is 0. The van der Waals surface area contributed by atoms with Gasteiger partial charge in [-0.1, -0.05) is 55.4 Å². The van der Waals surface area contributed by atoms with Crippen LogP contribution in [0.5, 0.6) is 0 Å². The lowest BCUT2D eigenvalue weighted by Gasteiger charge is -2.13. The Morgan fingerprint density at radius 3 is 2.52 bits per heavy atom. The first kappa shape index (κ1) is 15.8. The number of hydrogen-bond acceptors (Lipinski definition) is 2. The van der Waals surface area contributed by atoms with Crippen LogP contribution in [0.2, 0.25) is 5.02 Å². The predicted octanol–water partition coefficient (Wildman–Crippen LogP) is 5.06. The Morgan fingerprint density at radius 1 is 1.19 bits per heavy atom. The Bertz CT molecular complexity index is 623. The third-order valence-corrected chi connectivity index (χ3v) is 3.83. The van der Waals surface area contributed by atoms with Crippen molar-refractivity contribution in [2.45, 2.75) is 26.2 Å². The summed E-state index contributed by atoms with van der Waals surface area (Å²) >= 11 is 11.2. The maximum Gasteiger partial charge on any atom is 0.107 e. The van der Waals surface area contributed by atoms with Gasteiger partial charge in [-0.2, -0.15) is 0 Å². The lowest BCUT2D eigenvalue weighted by Crippen LogP contribution is -2.12. The molecule has 0 amide bonds. The largest absolute Gasteiger partial charge is 0.389 e. The molecule has 0 aliphatic rings. The molecule has 21 heavy (non-hydrogen) atoms. The van der Waals surface area contributed by atoms with Crippen molar-refractivity contribution in [1.82, 2.24) is 0 Å². The van der Waals surface area contributed by atoms with E-state index in [1.807, 2.05) is 12.1 Å². The van der Waals surface area contributed by atoms with Crippen LogP contribution < -0.4 is 11.1 Å². The molecule has 4 heteroatoms. The van der Waals surface area contributed by atoms with E-state index in [2.05, 4.69) is 36.5 Å². The van der Waals surface area contributed by atoms with Gasteiger partial charge in [0.15, 0.2) is 0 Å². The maximum absolute atomic E-state index is 6.17. The molecule has 0 atom stereocenters. The van der Waals surface area contributed by atoms with Crippen molar-refractivity contribution in [3.05, 3.63) is 58.6 Å². The molecule has 3 N–H and O–H groups in total. The number of aryl methyl sites for hydroxylation is 1. The van der Waals surface area contributed by atoms with Gasteiger partial charge in [-0.25, -0.2) is 0 Å². The summed E-state index contributed by atoms with van der Waals surface area (Å²) in [6.07, 6.45) is 3.54. The molecule has 0 bridgehead atoms. The van der Waals surface area contributed by atoms with Crippen molar-refractivity contribution < 1.29 is 0 Å². The van der Waals surface area contributed by atoms with Gasteiger partial charge in [-0.05, 0) is 42.7 Å². The zero-order valence-electron chi connectivity index (χ0n) is 12.0. The number of anilines is 2. The highest BCUT2D eigenvalue weighted by atomic mass is 35.5. The van der Waals surface area contributed by atoms with Gasteiger partial charge in [0.25, 0.3) is 0 Å². The number of halogens is 1. The quantitative estimate of drug-likeness (QED) is 0.731. The van der Waals surface area contributed by atoms with Gasteiger partial charge in [0, 0.05) is 5.69 Å². The summed E-state index contributed by atoms with van der Waals surface area (Å²) in [4.78, 5) is 0.294. The van der Waals surface area contributed by atoms with Gasteiger partial charge in [0.1, 0.15) is 4.99 Å². The Morgan fingerprint density at radius 2 is 1.90 bits per heavy atom. The van der Waals surface area contributed by atoms with Crippen molar-refractivity contribution in [1.29, 1.82) is 0 Å². The first-order valence-electron chi connectivity index (χ1n) is 7.06. The molecule has 2 aromatic rings. The fraction of sp³-hybridized carbons (Fsp3) is 0.235. The molecule has 0 saturated heterocycles. The highest BCUT2D eigenvalue weighted by molar-refractivity contribution is 7.80. The van der Waals surface area contributed by atoms with Crippen LogP contribution in [-0.4, -0.2) is 4.99 Å². The average molecular weight is 319 g/mol. The van der Waals surface area contributed by atoms with E-state index < -0.39 is 0 Å². The molecule has 0 aliphatic heterocycles. The highest BCUT2D eigenvalue weighted by Crippen LogP contribution is 2.27. The zero-order chi connectivity index (χ0) is 15.2. The smallest absolute Gasteiger partial charge is 0.107 e. The number of thiocarbonyl (C=S) groups is 1. The molecular formula is C17H19ClN2S. The number of nitrogens with one attached hydrogen (secondary N) is 1. The van der Waals surface area contributed by atoms with E-state index in [0.717, 1.165) is 17.8 Å². The zero-order valence-corrected chi connectivity index (χ0v) is 13.6. The van der Waals surface area contributed by atoms with Crippen LogP contribution in [0.15, 0.2) is 42.5 Å². The maximum atomic E-state index is 6.17. The molecule has 0 saturated carbocycles. The molecule has 2 nitrogen and oxygen atoms in total. The molecule has 0 fully saturated rings. The minimum atomic E-state index is 0.294. The van der Waals surface area contributed by atoms with E-state index in [1.165, 1.54) is 18.4 Å². The van der Waals surface area contributed by atoms with Gasteiger partial charge in [-0.15, -0.1) is 0 Å². The summed E-state index contributed by atoms with van der Waals surface area (Å²) in [6.45, 7) is 2.20. The lowest BCUT2D eigenvalue weighted by molar-refractivity contribution is 0.795. The molecule has 110 valence electrons. The summed E-state index contributed by atoms with van der Waals surface area (Å²) in [5, 5.41) is 3.89. The Labute approximate surface area is 136 Å². The fourth-order valence-corrected chi connectivity index (χ4v) is 2.72. The second kappa shape index (κ2) is 7.43. The second-order valence-electron chi connectivity index (χ2n) is 4.95. The molecule has 0 radical (unpaired) electrons. The van der Waals surface area contributed by atoms with Crippen molar-refractivity contribution in [2.24, 2.45) is 5.73 Å². The van der Waals surface area contributed by atoms with E-state index in [4.69, 9.17) is 29.6 Å². The number of nitrogens with two attached hydrogens (primary N) is 1. The lowest BCUT2D eigenvalue weighted by atomic mass is 10.1. The first-order chi connectivity index (χ1) is 10.1. The van der Waals surface area contributed by atoms with E-state index in [1.54, 1.807) is 6.07 Å². The van der Waals surface area contributed by atoms with Gasteiger partial charge < -0.3 is 11.1 Å². The van der Waals surface area contributed by atoms with Crippen LogP contribution >= 0.6 is 23.8 Å². The van der Waals surface area contributed by atoms with Crippen LogP contribution in [-0.2, 0) is 6.42 Å². The average Bonchev–Trinajstić information content (AvgIpc) is 2.46. The predicted molar refractivity (Wildman–Crippen MR) is 95.7 cm³/mol. The molecule has 0 heterocycles. The molecule has 0 aromatic heterocycles. The van der Waals surface area contributed by atoms with Crippen molar-refractivity contribution in [2.75, 3.05) is 5.32 Å². The SMILES string of the molecule is CCCCc1ccc(Nc2cccc(Cl)c2C(N)=S)cc1. The fourth-order valence-electron chi connectivity index (χ4n) is 2.17. The number of unbranched alkanes of at least 4 members (excludes halogenated alkanes) is 1. The van der Waals surface area contributed by atoms with Crippen LogP contribution in [0.3, 0.4) is 0 Å². The summed E-state index contributed by atoms with van der Waals surface area (Å²) in [7, 11) is 0. The molecular weight excluding hydrogens is 300 g/mol. The third kappa shape index (κ3) is 4.19. The van der Waals surface area contributed by atoms with Crippen LogP contribution in [0.25, 0.3) is 0 Å². The molecule has 2 rings (SSSR count). The highest BCUT2D eigenvalue weighted by Gasteiger charge is 2.09. The molecule has 0 aliphatic carbocycles. The molecule has 0 unspecified atom stereocenters. The van der Waals surface area contributed by atoms with Crippen LogP contribution in [0.1, 0.15) is 30.9 Å². The van der Waals surface area contributed by atoms with Gasteiger partial charge >= 0.3 is 0 Å². The number of benzene rings is 2. The Hall–Kier alpha value is -1.58. The topological polar surface area (TPSA) is 38.0 Å². The summed E-state index contributed by atoms with van der Waals surface area (Å²) < 4.78 is 0. The normalized spacial score (nSPS) is 10.4. The summed E-state index contributed by atoms with van der Waals surface area (Å²) in [6, 6.07) is 14.0. The number of rotatable bonds is 6. The van der Waals surface area contributed by atoms with E-state index in [-0.39, 0.29) is 0 Å². The van der Waals surface area contributed by atoms with Gasteiger partial charge in [0.2, 0.25) is 0 Å². The van der Waals surface area contributed by atoms with Crippen LogP contribution in [0.4, 0.5) is 11.4 Å². The Kier molecular flexibility index (Phi) is 5.59. The van der Waals surface area contributed by atoms with E-state index >= 15 is 0 Å². The van der Waals surface area contributed by atoms with Gasteiger partial charge in [-0.3, -0.25) is 0 Å². The van der Waals surface area contributed by atoms with E-state index in [9.17, 15) is 0 Å². The molecule has 0 spiro atoms. The van der Waals surface area contributed by atoms with Crippen LogP contribution in [0, 0.1) is 0 Å². The van der Waals surface area contributed by atoms with Crippen molar-refractivity contribution in [3.63, 3.8) is 0 Å². The number of hydrogen-bond donors (Lipinski definition) is 2. The standard InChI is InChI=1S/C17H19ClN2S/c1-2-3-5-12-8-10-13(11-9-12)20-15-7-4-6-14(18)16(15)17(19)21/h4,6-11,20H,2-3,5H2,1H3,(H2,19,21). The first-order valence-corrected chi connectivity index (χ1v) is 7.84. The monoisotopic (exact) mass is 318 g/mol.